The van der Waals surface area contributed by atoms with E-state index in [4.69, 9.17) is 0 Å². The van der Waals surface area contributed by atoms with Crippen molar-refractivity contribution in [3.8, 4) is 0 Å². The number of nitrogens with zero attached hydrogens (tertiary/aromatic N) is 2. The van der Waals surface area contributed by atoms with E-state index >= 15 is 0 Å². The predicted molar refractivity (Wildman–Crippen MR) is 70.6 cm³/mol. The molecule has 0 amide bonds. The highest BCUT2D eigenvalue weighted by molar-refractivity contribution is 5.22. The van der Waals surface area contributed by atoms with Crippen molar-refractivity contribution in [2.45, 2.75) is 59.1 Å². The van der Waals surface area contributed by atoms with Gasteiger partial charge in [0, 0.05) is 5.56 Å². The van der Waals surface area contributed by atoms with Gasteiger partial charge in [-0.3, -0.25) is 9.36 Å². The summed E-state index contributed by atoms with van der Waals surface area (Å²) in [6, 6.07) is 0. The van der Waals surface area contributed by atoms with Crippen LogP contribution in [-0.2, 0) is 19.4 Å². The van der Waals surface area contributed by atoms with E-state index in [1.54, 1.807) is 10.9 Å². The Kier molecular flexibility index (Phi) is 3.57. The zero-order valence-electron chi connectivity index (χ0n) is 11.4. The van der Waals surface area contributed by atoms with Gasteiger partial charge in [-0.15, -0.1) is 0 Å². The second kappa shape index (κ2) is 4.84. The van der Waals surface area contributed by atoms with Gasteiger partial charge in [0.25, 0.3) is 5.56 Å². The van der Waals surface area contributed by atoms with Crippen LogP contribution in [0.3, 0.4) is 0 Å². The number of hydrogen-bond acceptors (Lipinski definition) is 3. The summed E-state index contributed by atoms with van der Waals surface area (Å²) >= 11 is 0. The number of fused-ring (bicyclic) bond motifs is 1. The minimum absolute atomic E-state index is 0.0280. The zero-order chi connectivity index (χ0) is 13.3. The lowest BCUT2D eigenvalue weighted by molar-refractivity contribution is 0.147. The van der Waals surface area contributed by atoms with Crippen LogP contribution in [0, 0.1) is 5.41 Å². The summed E-state index contributed by atoms with van der Waals surface area (Å²) < 4.78 is 1.55. The quantitative estimate of drug-likeness (QED) is 0.885. The minimum atomic E-state index is -0.473. The fourth-order valence-electron chi connectivity index (χ4n) is 2.47. The molecule has 1 aromatic heterocycles. The topological polar surface area (TPSA) is 55.1 Å². The molecule has 0 aliphatic heterocycles. The second-order valence-corrected chi connectivity index (χ2v) is 6.03. The molecule has 1 aromatic rings. The molecule has 0 radical (unpaired) electrons. The van der Waals surface area contributed by atoms with Crippen LogP contribution in [0.1, 0.15) is 44.9 Å². The molecule has 1 atom stereocenters. The Balaban J connectivity index is 2.35. The molecule has 18 heavy (non-hydrogen) atoms. The van der Waals surface area contributed by atoms with Crippen LogP contribution in [-0.4, -0.2) is 20.8 Å². The number of rotatable bonds is 3. The SMILES string of the molecule is CC[C@H](O)Cn1cnc2c(c1=O)CC(C)(C)CC2. The van der Waals surface area contributed by atoms with Crippen LogP contribution < -0.4 is 5.56 Å². The van der Waals surface area contributed by atoms with Crippen LogP contribution in [0.4, 0.5) is 0 Å². The molecule has 1 heterocycles. The summed E-state index contributed by atoms with van der Waals surface area (Å²) in [6.07, 6.45) is 4.51. The summed E-state index contributed by atoms with van der Waals surface area (Å²) in [7, 11) is 0. The van der Waals surface area contributed by atoms with E-state index in [1.807, 2.05) is 6.92 Å². The molecule has 1 aliphatic carbocycles. The van der Waals surface area contributed by atoms with Gasteiger partial charge in [-0.2, -0.15) is 0 Å². The Morgan fingerprint density at radius 3 is 2.94 bits per heavy atom. The first-order valence-electron chi connectivity index (χ1n) is 6.68. The van der Waals surface area contributed by atoms with Gasteiger partial charge in [0.1, 0.15) is 0 Å². The molecule has 2 rings (SSSR count). The third-order valence-electron chi connectivity index (χ3n) is 3.79. The molecule has 1 aliphatic rings. The average Bonchev–Trinajstić information content (AvgIpc) is 2.32. The molecule has 4 nitrogen and oxygen atoms in total. The number of aliphatic hydroxyl groups excluding tert-OH is 1. The first-order valence-corrected chi connectivity index (χ1v) is 6.68. The molecule has 0 bridgehead atoms. The monoisotopic (exact) mass is 250 g/mol. The van der Waals surface area contributed by atoms with E-state index in [0.29, 0.717) is 13.0 Å². The van der Waals surface area contributed by atoms with E-state index in [0.717, 1.165) is 30.5 Å². The molecular formula is C14H22N2O2. The molecule has 0 aromatic carbocycles. The van der Waals surface area contributed by atoms with Gasteiger partial charge in [-0.05, 0) is 31.1 Å². The maximum absolute atomic E-state index is 12.4. The highest BCUT2D eigenvalue weighted by atomic mass is 16.3. The lowest BCUT2D eigenvalue weighted by Crippen LogP contribution is -2.35. The molecular weight excluding hydrogens is 228 g/mol. The van der Waals surface area contributed by atoms with E-state index in [-0.39, 0.29) is 11.0 Å². The van der Waals surface area contributed by atoms with Crippen LogP contribution in [0.15, 0.2) is 11.1 Å². The summed E-state index contributed by atoms with van der Waals surface area (Å²) in [5.41, 5.74) is 2.00. The maximum atomic E-state index is 12.4. The summed E-state index contributed by atoms with van der Waals surface area (Å²) in [5.74, 6) is 0. The highest BCUT2D eigenvalue weighted by Gasteiger charge is 2.28. The van der Waals surface area contributed by atoms with Gasteiger partial charge < -0.3 is 5.11 Å². The third-order valence-corrected chi connectivity index (χ3v) is 3.79. The van der Waals surface area contributed by atoms with E-state index in [2.05, 4.69) is 18.8 Å². The molecule has 0 fully saturated rings. The fourth-order valence-corrected chi connectivity index (χ4v) is 2.47. The van der Waals surface area contributed by atoms with Gasteiger partial charge >= 0.3 is 0 Å². The van der Waals surface area contributed by atoms with Gasteiger partial charge in [0.2, 0.25) is 0 Å². The van der Waals surface area contributed by atoms with Crippen molar-refractivity contribution >= 4 is 0 Å². The Hall–Kier alpha value is -1.16. The molecule has 0 saturated carbocycles. The van der Waals surface area contributed by atoms with Gasteiger partial charge in [-0.1, -0.05) is 20.8 Å². The van der Waals surface area contributed by atoms with Gasteiger partial charge in [-0.25, -0.2) is 4.98 Å². The molecule has 0 spiro atoms. The number of aryl methyl sites for hydroxylation is 1. The third kappa shape index (κ3) is 2.64. The van der Waals surface area contributed by atoms with Crippen molar-refractivity contribution in [1.82, 2.24) is 9.55 Å². The fraction of sp³-hybridized carbons (Fsp3) is 0.714. The Labute approximate surface area is 108 Å². The average molecular weight is 250 g/mol. The molecule has 100 valence electrons. The summed E-state index contributed by atoms with van der Waals surface area (Å²) in [5, 5.41) is 9.66. The lowest BCUT2D eigenvalue weighted by atomic mass is 9.76. The van der Waals surface area contributed by atoms with Gasteiger partial charge in [0.05, 0.1) is 24.7 Å². The smallest absolute Gasteiger partial charge is 0.256 e. The Morgan fingerprint density at radius 2 is 2.28 bits per heavy atom. The Morgan fingerprint density at radius 1 is 1.56 bits per heavy atom. The van der Waals surface area contributed by atoms with Crippen molar-refractivity contribution in [3.05, 3.63) is 27.9 Å². The normalized spacial score (nSPS) is 19.3. The van der Waals surface area contributed by atoms with Crippen molar-refractivity contribution in [2.24, 2.45) is 5.41 Å². The Bertz CT molecular complexity index is 491. The molecule has 0 saturated heterocycles. The number of aromatic nitrogens is 2. The van der Waals surface area contributed by atoms with Crippen LogP contribution >= 0.6 is 0 Å². The van der Waals surface area contributed by atoms with Crippen LogP contribution in [0.25, 0.3) is 0 Å². The van der Waals surface area contributed by atoms with Crippen LogP contribution in [0.2, 0.25) is 0 Å². The van der Waals surface area contributed by atoms with Crippen molar-refractivity contribution in [2.75, 3.05) is 0 Å². The van der Waals surface area contributed by atoms with E-state index in [9.17, 15) is 9.90 Å². The summed E-state index contributed by atoms with van der Waals surface area (Å²) in [6.45, 7) is 6.63. The lowest BCUT2D eigenvalue weighted by Gasteiger charge is -2.30. The highest BCUT2D eigenvalue weighted by Crippen LogP contribution is 2.31. The molecule has 1 N–H and O–H groups in total. The predicted octanol–water partition coefficient (Wildman–Crippen LogP) is 1.53. The van der Waals surface area contributed by atoms with E-state index < -0.39 is 6.10 Å². The maximum Gasteiger partial charge on any atom is 0.256 e. The molecule has 0 unspecified atom stereocenters. The number of hydrogen-bond donors (Lipinski definition) is 1. The van der Waals surface area contributed by atoms with Crippen molar-refractivity contribution < 1.29 is 5.11 Å². The second-order valence-electron chi connectivity index (χ2n) is 6.03. The first kappa shape index (κ1) is 13.3. The minimum Gasteiger partial charge on any atom is -0.391 e. The van der Waals surface area contributed by atoms with Gasteiger partial charge in [0.15, 0.2) is 0 Å². The summed E-state index contributed by atoms with van der Waals surface area (Å²) in [4.78, 5) is 16.7. The standard InChI is InChI=1S/C14H22N2O2/c1-4-10(17)8-16-9-15-12-5-6-14(2,3)7-11(12)13(16)18/h9-10,17H,4-8H2,1-3H3/t10-/m0/s1. The molecule has 4 heteroatoms. The zero-order valence-corrected chi connectivity index (χ0v) is 11.4. The largest absolute Gasteiger partial charge is 0.391 e. The number of aliphatic hydroxyl groups is 1. The van der Waals surface area contributed by atoms with Crippen molar-refractivity contribution in [1.29, 1.82) is 0 Å². The first-order chi connectivity index (χ1) is 8.43. The van der Waals surface area contributed by atoms with Crippen molar-refractivity contribution in [3.63, 3.8) is 0 Å². The van der Waals surface area contributed by atoms with E-state index in [1.165, 1.54) is 0 Å². The van der Waals surface area contributed by atoms with Crippen LogP contribution in [0.5, 0.6) is 0 Å².